The molecule has 0 unspecified atom stereocenters. The number of ether oxygens (including phenoxy) is 2. The first-order valence-corrected chi connectivity index (χ1v) is 10.7. The van der Waals surface area contributed by atoms with Crippen LogP contribution < -0.4 is 14.8 Å². The van der Waals surface area contributed by atoms with Gasteiger partial charge in [-0.05, 0) is 43.0 Å². The normalized spacial score (nSPS) is 13.5. The van der Waals surface area contributed by atoms with Crippen LogP contribution in [-0.4, -0.2) is 32.7 Å². The van der Waals surface area contributed by atoms with Crippen LogP contribution in [0.4, 0.5) is 0 Å². The van der Waals surface area contributed by atoms with E-state index in [9.17, 15) is 4.79 Å². The van der Waals surface area contributed by atoms with Crippen molar-refractivity contribution < 1.29 is 14.3 Å². The minimum absolute atomic E-state index is 0.0500. The lowest BCUT2D eigenvalue weighted by Gasteiger charge is -2.13. The molecule has 0 saturated carbocycles. The number of thioether (sulfide) groups is 1. The number of nitrogens with one attached hydrogen (secondary N) is 1. The Morgan fingerprint density at radius 1 is 1.32 bits per heavy atom. The number of carbonyl (C=O) groups excluding carboxylic acids is 1. The summed E-state index contributed by atoms with van der Waals surface area (Å²) in [4.78, 5) is 13.6. The quantitative estimate of drug-likeness (QED) is 0.594. The Kier molecular flexibility index (Phi) is 5.54. The van der Waals surface area contributed by atoms with Gasteiger partial charge < -0.3 is 19.4 Å². The fraction of sp³-hybridized carbons (Fsp3) is 0.316. The molecular weight excluding hydrogens is 396 g/mol. The van der Waals surface area contributed by atoms with Crippen LogP contribution >= 0.6 is 23.1 Å². The fourth-order valence-electron chi connectivity index (χ4n) is 2.84. The maximum absolute atomic E-state index is 12.5. The van der Waals surface area contributed by atoms with Crippen molar-refractivity contribution in [3.8, 4) is 22.2 Å². The molecule has 146 valence electrons. The maximum atomic E-state index is 12.5. The van der Waals surface area contributed by atoms with Gasteiger partial charge in [0.25, 0.3) is 0 Å². The molecule has 0 spiro atoms. The number of carbonyl (C=O) groups is 1. The Bertz CT molecular complexity index is 972. The molecule has 0 fully saturated rings. The van der Waals surface area contributed by atoms with Crippen LogP contribution in [0.1, 0.15) is 19.4 Å². The number of hydrogen-bond donors (Lipinski definition) is 1. The van der Waals surface area contributed by atoms with Crippen molar-refractivity contribution >= 4 is 29.0 Å². The molecule has 0 bridgehead atoms. The lowest BCUT2D eigenvalue weighted by molar-refractivity contribution is -0.120. The number of fused-ring (bicyclic) bond motifs is 1. The fourth-order valence-corrected chi connectivity index (χ4v) is 4.50. The molecule has 1 atom stereocenters. The Morgan fingerprint density at radius 2 is 2.18 bits per heavy atom. The monoisotopic (exact) mass is 416 g/mol. The number of rotatable bonds is 7. The molecule has 1 amide bonds. The summed E-state index contributed by atoms with van der Waals surface area (Å²) in [6.45, 7) is 5.34. The molecule has 3 aromatic rings. The summed E-state index contributed by atoms with van der Waals surface area (Å²) >= 11 is 3.04. The van der Waals surface area contributed by atoms with Crippen LogP contribution in [-0.2, 0) is 17.9 Å². The number of amides is 1. The number of benzene rings is 1. The molecule has 28 heavy (non-hydrogen) atoms. The van der Waals surface area contributed by atoms with E-state index in [4.69, 9.17) is 9.47 Å². The predicted octanol–water partition coefficient (Wildman–Crippen LogP) is 3.55. The van der Waals surface area contributed by atoms with Gasteiger partial charge in [-0.25, -0.2) is 0 Å². The van der Waals surface area contributed by atoms with Gasteiger partial charge in [0.1, 0.15) is 0 Å². The number of aromatic nitrogens is 3. The molecule has 1 aliphatic heterocycles. The van der Waals surface area contributed by atoms with Gasteiger partial charge in [-0.3, -0.25) is 4.79 Å². The minimum atomic E-state index is -0.292. The lowest BCUT2D eigenvalue weighted by atomic mass is 10.2. The number of hydrogen-bond acceptors (Lipinski definition) is 7. The van der Waals surface area contributed by atoms with Gasteiger partial charge in [0, 0.05) is 13.1 Å². The molecule has 0 radical (unpaired) electrons. The van der Waals surface area contributed by atoms with Crippen molar-refractivity contribution in [3.05, 3.63) is 41.3 Å². The third kappa shape index (κ3) is 3.85. The van der Waals surface area contributed by atoms with Crippen LogP contribution in [0.3, 0.4) is 0 Å². The minimum Gasteiger partial charge on any atom is -0.454 e. The van der Waals surface area contributed by atoms with Crippen LogP contribution in [0.5, 0.6) is 11.5 Å². The highest BCUT2D eigenvalue weighted by molar-refractivity contribution is 8.00. The van der Waals surface area contributed by atoms with E-state index in [0.29, 0.717) is 12.3 Å². The molecule has 2 aromatic heterocycles. The predicted molar refractivity (Wildman–Crippen MR) is 109 cm³/mol. The van der Waals surface area contributed by atoms with Crippen LogP contribution in [0.15, 0.2) is 40.9 Å². The van der Waals surface area contributed by atoms with Crippen LogP contribution in [0.2, 0.25) is 0 Å². The highest BCUT2D eigenvalue weighted by Gasteiger charge is 2.21. The molecule has 0 saturated heterocycles. The lowest BCUT2D eigenvalue weighted by Crippen LogP contribution is -2.30. The van der Waals surface area contributed by atoms with Gasteiger partial charge in [-0.15, -0.1) is 21.5 Å². The summed E-state index contributed by atoms with van der Waals surface area (Å²) in [6, 6.07) is 9.69. The summed E-state index contributed by atoms with van der Waals surface area (Å²) in [5.74, 6) is 2.24. The summed E-state index contributed by atoms with van der Waals surface area (Å²) in [5.41, 5.74) is 0.964. The van der Waals surface area contributed by atoms with E-state index in [-0.39, 0.29) is 18.0 Å². The Labute approximate surface area is 171 Å². The zero-order valence-corrected chi connectivity index (χ0v) is 17.2. The Balaban J connectivity index is 1.38. The molecule has 7 nitrogen and oxygen atoms in total. The van der Waals surface area contributed by atoms with Crippen LogP contribution in [0, 0.1) is 0 Å². The van der Waals surface area contributed by atoms with Crippen molar-refractivity contribution in [3.63, 3.8) is 0 Å². The summed E-state index contributed by atoms with van der Waals surface area (Å²) < 4.78 is 12.7. The molecule has 0 aliphatic carbocycles. The van der Waals surface area contributed by atoms with Gasteiger partial charge in [0.15, 0.2) is 22.5 Å². The molecule has 4 rings (SSSR count). The zero-order valence-electron chi connectivity index (χ0n) is 15.5. The van der Waals surface area contributed by atoms with E-state index in [1.54, 1.807) is 11.3 Å². The van der Waals surface area contributed by atoms with Crippen LogP contribution in [0.25, 0.3) is 10.7 Å². The average molecular weight is 417 g/mol. The van der Waals surface area contributed by atoms with Gasteiger partial charge >= 0.3 is 0 Å². The Morgan fingerprint density at radius 3 is 2.96 bits per heavy atom. The van der Waals surface area contributed by atoms with Crippen molar-refractivity contribution in [1.29, 1.82) is 0 Å². The van der Waals surface area contributed by atoms with Gasteiger partial charge in [0.2, 0.25) is 12.7 Å². The van der Waals surface area contributed by atoms with E-state index in [1.807, 2.05) is 47.2 Å². The highest BCUT2D eigenvalue weighted by atomic mass is 32.2. The highest BCUT2D eigenvalue weighted by Crippen LogP contribution is 2.32. The molecule has 1 aromatic carbocycles. The van der Waals surface area contributed by atoms with Gasteiger partial charge in [-0.1, -0.05) is 23.9 Å². The summed E-state index contributed by atoms with van der Waals surface area (Å²) in [6.07, 6.45) is 0. The van der Waals surface area contributed by atoms with Crippen molar-refractivity contribution in [2.75, 3.05) is 6.79 Å². The second kappa shape index (κ2) is 8.24. The van der Waals surface area contributed by atoms with E-state index >= 15 is 0 Å². The molecule has 1 aliphatic rings. The van der Waals surface area contributed by atoms with Crippen molar-refractivity contribution in [2.45, 2.75) is 37.3 Å². The van der Waals surface area contributed by atoms with Gasteiger partial charge in [-0.2, -0.15) is 0 Å². The number of nitrogens with zero attached hydrogens (tertiary/aromatic N) is 3. The topological polar surface area (TPSA) is 78.3 Å². The zero-order chi connectivity index (χ0) is 19.5. The van der Waals surface area contributed by atoms with E-state index in [2.05, 4.69) is 22.4 Å². The first kappa shape index (κ1) is 18.8. The van der Waals surface area contributed by atoms with Crippen molar-refractivity contribution in [1.82, 2.24) is 20.1 Å². The SMILES string of the molecule is CCn1c(S[C@@H](C)C(=O)NCc2ccc3c(c2)OCO3)nnc1-c1cccs1. The molecular formula is C19H20N4O3S2. The third-order valence-corrected chi connectivity index (χ3v) is 6.28. The largest absolute Gasteiger partial charge is 0.454 e. The molecule has 3 heterocycles. The molecule has 1 N–H and O–H groups in total. The first-order chi connectivity index (χ1) is 13.7. The molecule has 9 heteroatoms. The second-order valence-electron chi connectivity index (χ2n) is 6.19. The Hall–Kier alpha value is -2.52. The van der Waals surface area contributed by atoms with Crippen molar-refractivity contribution in [2.24, 2.45) is 0 Å². The van der Waals surface area contributed by atoms with E-state index in [1.165, 1.54) is 11.8 Å². The third-order valence-electron chi connectivity index (χ3n) is 4.33. The maximum Gasteiger partial charge on any atom is 0.233 e. The number of thiophene rings is 1. The average Bonchev–Trinajstić information content (AvgIpc) is 3.45. The summed E-state index contributed by atoms with van der Waals surface area (Å²) in [5, 5.41) is 14.1. The smallest absolute Gasteiger partial charge is 0.233 e. The first-order valence-electron chi connectivity index (χ1n) is 8.95. The standard InChI is InChI=1S/C19H20N4O3S2/c1-3-23-17(16-5-4-8-27-16)21-22-19(23)28-12(2)18(24)20-10-13-6-7-14-15(9-13)26-11-25-14/h4-9,12H,3,10-11H2,1-2H3,(H,20,24)/t12-/m0/s1. The van der Waals surface area contributed by atoms with Gasteiger partial charge in [0.05, 0.1) is 10.1 Å². The second-order valence-corrected chi connectivity index (χ2v) is 8.45. The van der Waals surface area contributed by atoms with E-state index < -0.39 is 0 Å². The summed E-state index contributed by atoms with van der Waals surface area (Å²) in [7, 11) is 0. The van der Waals surface area contributed by atoms with E-state index in [0.717, 1.165) is 33.7 Å².